The standard InChI is InChI=1S/C26H21ClN2O5/c1-32-24-14-19(13-20(15-28)26(31)29-16-18-7-3-2-4-8-18)11-12-23(24)34-25(30)17-33-22-10-6-5-9-21(22)27/h2-14H,16-17H2,1H3,(H,29,31)/b20-13+. The molecular formula is C26H21ClN2O5. The number of esters is 1. The van der Waals surface area contributed by atoms with Crippen molar-refractivity contribution in [3.05, 3.63) is 94.5 Å². The molecule has 3 aromatic rings. The molecule has 34 heavy (non-hydrogen) atoms. The largest absolute Gasteiger partial charge is 0.493 e. The van der Waals surface area contributed by atoms with Gasteiger partial charge in [0.2, 0.25) is 0 Å². The smallest absolute Gasteiger partial charge is 0.349 e. The number of rotatable bonds is 9. The predicted octanol–water partition coefficient (Wildman–Crippen LogP) is 4.56. The number of hydrogen-bond donors (Lipinski definition) is 1. The number of carbonyl (C=O) groups excluding carboxylic acids is 2. The monoisotopic (exact) mass is 476 g/mol. The lowest BCUT2D eigenvalue weighted by molar-refractivity contribution is -0.136. The van der Waals surface area contributed by atoms with E-state index in [1.54, 1.807) is 36.4 Å². The predicted molar refractivity (Wildman–Crippen MR) is 127 cm³/mol. The van der Waals surface area contributed by atoms with Crippen LogP contribution < -0.4 is 19.5 Å². The Morgan fingerprint density at radius 2 is 1.74 bits per heavy atom. The second-order valence-corrected chi connectivity index (χ2v) is 7.35. The third-order valence-corrected chi connectivity index (χ3v) is 4.88. The number of hydrogen-bond acceptors (Lipinski definition) is 6. The third-order valence-electron chi connectivity index (χ3n) is 4.57. The maximum Gasteiger partial charge on any atom is 0.349 e. The van der Waals surface area contributed by atoms with Crippen LogP contribution in [-0.2, 0) is 16.1 Å². The van der Waals surface area contributed by atoms with Gasteiger partial charge in [-0.15, -0.1) is 0 Å². The number of nitrogens with zero attached hydrogens (tertiary/aromatic N) is 1. The van der Waals surface area contributed by atoms with E-state index in [2.05, 4.69) is 5.32 Å². The van der Waals surface area contributed by atoms with E-state index in [1.165, 1.54) is 19.3 Å². The number of para-hydroxylation sites is 1. The van der Waals surface area contributed by atoms with Crippen molar-refractivity contribution in [1.29, 1.82) is 5.26 Å². The van der Waals surface area contributed by atoms with Gasteiger partial charge >= 0.3 is 5.97 Å². The lowest BCUT2D eigenvalue weighted by atomic mass is 10.1. The molecule has 0 aliphatic carbocycles. The van der Waals surface area contributed by atoms with Gasteiger partial charge in [-0.3, -0.25) is 4.79 Å². The molecule has 0 aliphatic heterocycles. The van der Waals surface area contributed by atoms with Crippen molar-refractivity contribution in [3.63, 3.8) is 0 Å². The van der Waals surface area contributed by atoms with Crippen molar-refractivity contribution >= 4 is 29.6 Å². The van der Waals surface area contributed by atoms with Crippen molar-refractivity contribution in [3.8, 4) is 23.3 Å². The lowest BCUT2D eigenvalue weighted by Crippen LogP contribution is -2.23. The summed E-state index contributed by atoms with van der Waals surface area (Å²) in [4.78, 5) is 24.6. The number of nitriles is 1. The second kappa shape index (κ2) is 12.1. The van der Waals surface area contributed by atoms with Crippen molar-refractivity contribution in [2.75, 3.05) is 13.7 Å². The summed E-state index contributed by atoms with van der Waals surface area (Å²) in [6, 6.07) is 22.7. The molecule has 7 nitrogen and oxygen atoms in total. The number of ether oxygens (including phenoxy) is 3. The maximum absolute atomic E-state index is 12.4. The lowest BCUT2D eigenvalue weighted by Gasteiger charge is -2.11. The van der Waals surface area contributed by atoms with E-state index in [9.17, 15) is 14.9 Å². The first-order chi connectivity index (χ1) is 16.5. The molecular weight excluding hydrogens is 456 g/mol. The molecule has 0 fully saturated rings. The van der Waals surface area contributed by atoms with E-state index in [0.717, 1.165) is 5.56 Å². The number of halogens is 1. The number of amides is 1. The zero-order valence-electron chi connectivity index (χ0n) is 18.3. The highest BCUT2D eigenvalue weighted by Crippen LogP contribution is 2.29. The molecule has 172 valence electrons. The van der Waals surface area contributed by atoms with Crippen LogP contribution in [-0.4, -0.2) is 25.6 Å². The van der Waals surface area contributed by atoms with Crippen molar-refractivity contribution in [1.82, 2.24) is 5.32 Å². The minimum atomic E-state index is -0.653. The van der Waals surface area contributed by atoms with Crippen LogP contribution in [0.2, 0.25) is 5.02 Å². The van der Waals surface area contributed by atoms with Crippen molar-refractivity contribution < 1.29 is 23.8 Å². The Kier molecular flexibility index (Phi) is 8.67. The number of nitrogens with one attached hydrogen (secondary N) is 1. The summed E-state index contributed by atoms with van der Waals surface area (Å²) in [5.41, 5.74) is 1.37. The first kappa shape index (κ1) is 24.4. The van der Waals surface area contributed by atoms with Gasteiger partial charge in [0, 0.05) is 6.54 Å². The zero-order valence-corrected chi connectivity index (χ0v) is 19.0. The summed E-state index contributed by atoms with van der Waals surface area (Å²) in [5, 5.41) is 12.5. The molecule has 8 heteroatoms. The summed E-state index contributed by atoms with van der Waals surface area (Å²) >= 11 is 6.01. The van der Waals surface area contributed by atoms with Crippen LogP contribution in [0.25, 0.3) is 6.08 Å². The van der Waals surface area contributed by atoms with Gasteiger partial charge < -0.3 is 19.5 Å². The van der Waals surface area contributed by atoms with E-state index in [4.69, 9.17) is 25.8 Å². The molecule has 0 aliphatic rings. The van der Waals surface area contributed by atoms with Crippen LogP contribution in [0.5, 0.6) is 17.2 Å². The fraction of sp³-hybridized carbons (Fsp3) is 0.115. The Labute approximate surface area is 202 Å². The molecule has 0 bridgehead atoms. The van der Waals surface area contributed by atoms with E-state index in [1.807, 2.05) is 36.4 Å². The molecule has 0 saturated carbocycles. The molecule has 0 radical (unpaired) electrons. The SMILES string of the molecule is COc1cc(/C=C(\C#N)C(=O)NCc2ccccc2)ccc1OC(=O)COc1ccccc1Cl. The fourth-order valence-electron chi connectivity index (χ4n) is 2.90. The normalized spacial score (nSPS) is 10.7. The van der Waals surface area contributed by atoms with E-state index >= 15 is 0 Å². The fourth-order valence-corrected chi connectivity index (χ4v) is 3.09. The van der Waals surface area contributed by atoms with Crippen LogP contribution in [0.3, 0.4) is 0 Å². The summed E-state index contributed by atoms with van der Waals surface area (Å²) < 4.78 is 16.0. The Balaban J connectivity index is 1.65. The molecule has 1 N–H and O–H groups in total. The third kappa shape index (κ3) is 6.86. The van der Waals surface area contributed by atoms with Crippen LogP contribution in [0.4, 0.5) is 0 Å². The van der Waals surface area contributed by atoms with Crippen molar-refractivity contribution in [2.24, 2.45) is 0 Å². The number of methoxy groups -OCH3 is 1. The summed E-state index contributed by atoms with van der Waals surface area (Å²) in [6.07, 6.45) is 1.43. The van der Waals surface area contributed by atoms with E-state index in [-0.39, 0.29) is 23.7 Å². The Hall–Kier alpha value is -4.28. The molecule has 0 saturated heterocycles. The molecule has 3 aromatic carbocycles. The topological polar surface area (TPSA) is 97.6 Å². The molecule has 0 unspecified atom stereocenters. The zero-order chi connectivity index (χ0) is 24.3. The maximum atomic E-state index is 12.4. The van der Waals surface area contributed by atoms with Crippen molar-refractivity contribution in [2.45, 2.75) is 6.54 Å². The summed E-state index contributed by atoms with van der Waals surface area (Å²) in [6.45, 7) is -0.0537. The average Bonchev–Trinajstić information content (AvgIpc) is 2.86. The molecule has 1 amide bonds. The molecule has 0 spiro atoms. The summed E-state index contributed by atoms with van der Waals surface area (Å²) in [7, 11) is 1.41. The highest BCUT2D eigenvalue weighted by atomic mass is 35.5. The molecule has 0 aromatic heterocycles. The van der Waals surface area contributed by atoms with E-state index in [0.29, 0.717) is 22.9 Å². The second-order valence-electron chi connectivity index (χ2n) is 6.94. The number of benzene rings is 3. The van der Waals surface area contributed by atoms with Gasteiger partial charge in [0.05, 0.1) is 12.1 Å². The van der Waals surface area contributed by atoms with Crippen LogP contribution in [0, 0.1) is 11.3 Å². The minimum Gasteiger partial charge on any atom is -0.493 e. The average molecular weight is 477 g/mol. The highest BCUT2D eigenvalue weighted by Gasteiger charge is 2.14. The van der Waals surface area contributed by atoms with Crippen LogP contribution >= 0.6 is 11.6 Å². The quantitative estimate of drug-likeness (QED) is 0.210. The Bertz CT molecular complexity index is 1240. The van der Waals surface area contributed by atoms with Gasteiger partial charge in [-0.25, -0.2) is 4.79 Å². The first-order valence-electron chi connectivity index (χ1n) is 10.2. The number of carbonyl (C=O) groups is 2. The van der Waals surface area contributed by atoms with Gasteiger partial charge in [0.1, 0.15) is 17.4 Å². The highest BCUT2D eigenvalue weighted by molar-refractivity contribution is 6.32. The molecule has 3 rings (SSSR count). The van der Waals surface area contributed by atoms with E-state index < -0.39 is 11.9 Å². The van der Waals surface area contributed by atoms with Gasteiger partial charge in [0.25, 0.3) is 5.91 Å². The van der Waals surface area contributed by atoms with Gasteiger partial charge in [-0.1, -0.05) is 60.1 Å². The molecule has 0 atom stereocenters. The minimum absolute atomic E-state index is 0.0733. The van der Waals surface area contributed by atoms with Crippen LogP contribution in [0.15, 0.2) is 78.4 Å². The summed E-state index contributed by atoms with van der Waals surface area (Å²) in [5.74, 6) is -0.374. The van der Waals surface area contributed by atoms with Gasteiger partial charge in [-0.2, -0.15) is 5.26 Å². The Morgan fingerprint density at radius 1 is 1.00 bits per heavy atom. The Morgan fingerprint density at radius 3 is 2.44 bits per heavy atom. The van der Waals surface area contributed by atoms with Gasteiger partial charge in [-0.05, 0) is 41.5 Å². The van der Waals surface area contributed by atoms with Crippen LogP contribution in [0.1, 0.15) is 11.1 Å². The van der Waals surface area contributed by atoms with Gasteiger partial charge in [0.15, 0.2) is 18.1 Å². The first-order valence-corrected chi connectivity index (χ1v) is 10.6. The molecule has 0 heterocycles.